The van der Waals surface area contributed by atoms with Crippen molar-refractivity contribution < 1.29 is 55.3 Å². The number of aromatic amines is 1. The van der Waals surface area contributed by atoms with E-state index in [1.807, 2.05) is 4.98 Å². The third kappa shape index (κ3) is 6.22. The molecule has 25 heteroatoms. The van der Waals surface area contributed by atoms with Gasteiger partial charge in [-0.15, -0.1) is 0 Å². The van der Waals surface area contributed by atoms with Crippen molar-refractivity contribution in [3.05, 3.63) is 45.8 Å². The summed E-state index contributed by atoms with van der Waals surface area (Å²) >= 11 is 0. The van der Waals surface area contributed by atoms with Gasteiger partial charge in [0.15, 0.2) is 36.3 Å². The highest BCUT2D eigenvalue weighted by molar-refractivity contribution is 7.46. The maximum atomic E-state index is 15.5. The molecule has 2 bridgehead atoms. The van der Waals surface area contributed by atoms with Gasteiger partial charge in [0.25, 0.3) is 21.2 Å². The first-order valence-corrected chi connectivity index (χ1v) is 14.9. The van der Waals surface area contributed by atoms with Gasteiger partial charge in [-0.2, -0.15) is 0 Å². The van der Waals surface area contributed by atoms with Crippen LogP contribution in [-0.2, 0) is 36.7 Å². The number of aromatic nitrogens is 6. The first-order valence-electron chi connectivity index (χ1n) is 11.9. The Bertz CT molecular complexity index is 1730. The lowest BCUT2D eigenvalue weighted by molar-refractivity contribution is -0.240. The molecule has 3 aliphatic heterocycles. The molecule has 0 spiro atoms. The summed E-state index contributed by atoms with van der Waals surface area (Å²) in [6, 6.07) is 0.869. The number of anilines is 1. The summed E-state index contributed by atoms with van der Waals surface area (Å²) in [5, 5.41) is 0. The van der Waals surface area contributed by atoms with Crippen LogP contribution in [0.2, 0.25) is 0 Å². The number of nitrogens with one attached hydrogen (secondary N) is 1. The molecule has 3 fully saturated rings. The number of hydrogen-bond donors (Lipinski definition) is 4. The molecule has 10 atom stereocenters. The first kappa shape index (κ1) is 33.8. The van der Waals surface area contributed by atoms with Crippen LogP contribution in [0.5, 0.6) is 0 Å². The van der Waals surface area contributed by atoms with Crippen molar-refractivity contribution in [1.29, 1.82) is 0 Å². The minimum atomic E-state index is -5.48. The Balaban J connectivity index is 0.00000221. The molecule has 0 saturated carbocycles. The molecule has 6 rings (SSSR count). The molecule has 0 radical (unpaired) electrons. The highest BCUT2D eigenvalue weighted by Gasteiger charge is 2.52. The minimum absolute atomic E-state index is 0. The van der Waals surface area contributed by atoms with Gasteiger partial charge in [0, 0.05) is 12.3 Å². The van der Waals surface area contributed by atoms with Gasteiger partial charge < -0.3 is 55.4 Å². The van der Waals surface area contributed by atoms with Crippen LogP contribution in [0.15, 0.2) is 34.5 Å². The Morgan fingerprint density at radius 3 is 2.23 bits per heavy atom. The van der Waals surface area contributed by atoms with E-state index in [2.05, 4.69) is 15.0 Å². The Morgan fingerprint density at radius 1 is 0.909 bits per heavy atom. The van der Waals surface area contributed by atoms with E-state index in [1.54, 1.807) is 0 Å². The Hall–Kier alpha value is -3.05. The first-order chi connectivity index (χ1) is 19.8. The molecule has 3 aromatic heterocycles. The molecule has 0 aliphatic carbocycles. The van der Waals surface area contributed by atoms with Crippen LogP contribution in [0.4, 0.5) is 14.6 Å². The molecular formula is C19H27F2N9O12P2. The molecule has 44 heavy (non-hydrogen) atoms. The molecular weight excluding hydrogens is 646 g/mol. The van der Waals surface area contributed by atoms with E-state index in [0.717, 1.165) is 29.5 Å². The second kappa shape index (κ2) is 12.4. The van der Waals surface area contributed by atoms with Gasteiger partial charge in [-0.05, 0) is 0 Å². The van der Waals surface area contributed by atoms with Crippen LogP contribution in [-0.4, -0.2) is 79.0 Å². The van der Waals surface area contributed by atoms with Gasteiger partial charge in [-0.3, -0.25) is 28.0 Å². The van der Waals surface area contributed by atoms with Crippen LogP contribution in [0.3, 0.4) is 0 Å². The summed E-state index contributed by atoms with van der Waals surface area (Å²) in [4.78, 5) is 62.7. The number of ether oxygens (including phenoxy) is 2. The van der Waals surface area contributed by atoms with Crippen LogP contribution in [0.25, 0.3) is 11.2 Å². The van der Waals surface area contributed by atoms with Gasteiger partial charge in [-0.25, -0.2) is 28.5 Å². The normalized spacial score (nSPS) is 37.5. The maximum Gasteiger partial charge on any atom is 0.330 e. The third-order valence-corrected chi connectivity index (χ3v) is 8.55. The van der Waals surface area contributed by atoms with E-state index in [9.17, 15) is 28.5 Å². The molecule has 3 aromatic rings. The fourth-order valence-corrected chi connectivity index (χ4v) is 6.57. The number of hydrogen-bond acceptors (Lipinski definition) is 16. The third-order valence-electron chi connectivity index (χ3n) is 6.61. The smallest absolute Gasteiger partial charge is 0.330 e. The zero-order valence-electron chi connectivity index (χ0n) is 22.7. The number of phosphoric acid groups is 2. The average molecular weight is 673 g/mol. The number of H-pyrrole nitrogens is 1. The number of imidazole rings is 1. The number of quaternary nitrogens is 2. The van der Waals surface area contributed by atoms with Crippen LogP contribution >= 0.6 is 15.6 Å². The van der Waals surface area contributed by atoms with Crippen LogP contribution < -0.4 is 39.1 Å². The van der Waals surface area contributed by atoms with Gasteiger partial charge in [0.2, 0.25) is 0 Å². The van der Waals surface area contributed by atoms with Crippen molar-refractivity contribution in [3.63, 3.8) is 0 Å². The number of nitrogens with two attached hydrogens (primary N) is 1. The molecule has 0 aromatic carbocycles. The van der Waals surface area contributed by atoms with Crippen molar-refractivity contribution in [2.75, 3.05) is 18.9 Å². The zero-order valence-corrected chi connectivity index (χ0v) is 24.5. The van der Waals surface area contributed by atoms with Gasteiger partial charge in [0.05, 0.1) is 19.5 Å². The Morgan fingerprint density at radius 2 is 1.55 bits per heavy atom. The molecule has 3 aliphatic rings. The van der Waals surface area contributed by atoms with Crippen molar-refractivity contribution in [2.45, 2.75) is 49.2 Å². The van der Waals surface area contributed by atoms with Crippen molar-refractivity contribution >= 4 is 32.6 Å². The number of fused-ring (bicyclic) bond motifs is 4. The van der Waals surface area contributed by atoms with Gasteiger partial charge >= 0.3 is 5.69 Å². The number of nitrogen functional groups attached to an aromatic ring is 1. The zero-order chi connectivity index (χ0) is 30.0. The number of rotatable bonds is 2. The SMILES string of the molecule is Nc1ncnc2c1ncn2[C@@H]1O[C@@H]2COP(=O)([O-])O[C@H]3[C@@H](F)[C@H](n4ccc(=O)[nH]c4=O)O[C@@H]3COP(=O)([O-])O[C@@H]1[C@@H]2F.[NH4+].[NH4+]. The second-order valence-corrected chi connectivity index (χ2v) is 12.0. The number of alkyl halides is 2. The Labute approximate surface area is 243 Å². The van der Waals surface area contributed by atoms with Crippen LogP contribution in [0.1, 0.15) is 12.5 Å². The summed E-state index contributed by atoms with van der Waals surface area (Å²) in [6.07, 6.45) is -12.8. The fraction of sp³-hybridized carbons (Fsp3) is 0.526. The summed E-state index contributed by atoms with van der Waals surface area (Å²) in [5.41, 5.74) is 3.93. The summed E-state index contributed by atoms with van der Waals surface area (Å²) in [5.74, 6) is -0.0463. The predicted octanol–water partition coefficient (Wildman–Crippen LogP) is -1.06. The van der Waals surface area contributed by atoms with E-state index >= 15 is 8.78 Å². The molecule has 244 valence electrons. The van der Waals surface area contributed by atoms with Crippen LogP contribution in [0, 0.1) is 0 Å². The Kier molecular flexibility index (Phi) is 9.53. The predicted molar refractivity (Wildman–Crippen MR) is 138 cm³/mol. The van der Waals surface area contributed by atoms with Crippen molar-refractivity contribution in [2.24, 2.45) is 0 Å². The quantitative estimate of drug-likeness (QED) is 0.235. The lowest BCUT2D eigenvalue weighted by Gasteiger charge is -2.31. The van der Waals surface area contributed by atoms with E-state index in [1.165, 1.54) is 0 Å². The fourth-order valence-electron chi connectivity index (χ4n) is 4.72. The van der Waals surface area contributed by atoms with Crippen molar-refractivity contribution in [3.8, 4) is 0 Å². The summed E-state index contributed by atoms with van der Waals surface area (Å²) < 4.78 is 88.5. The monoisotopic (exact) mass is 673 g/mol. The van der Waals surface area contributed by atoms with E-state index < -0.39 is 89.3 Å². The number of phosphoric ester groups is 2. The van der Waals surface area contributed by atoms with E-state index in [0.29, 0.717) is 4.57 Å². The van der Waals surface area contributed by atoms with Crippen molar-refractivity contribution in [1.82, 2.24) is 41.4 Å². The topological polar surface area (TPSA) is 333 Å². The standard InChI is InChI=1S/C19H21F2N7O12P2.2H3N/c20-10-7-3-35-41(31,32)39-13-8(38-17(11(13)21)27-2-1-9(29)26-19(27)30)4-36-42(33,34)40-14(10)18(37-7)28-6-25-12-15(22)23-5-24-16(12)28;;/h1-2,5-8,10-11,13-14,17-18H,3-4H2,(H,31,32)(H,33,34)(H2,22,23,24)(H,26,29,30);2*1H3/t7-,8-,10-,11-,13-,14-,17-,18-;;/m1../s1. The van der Waals surface area contributed by atoms with E-state index in [4.69, 9.17) is 33.3 Å². The maximum absolute atomic E-state index is 15.5. The molecule has 11 N–H and O–H groups in total. The minimum Gasteiger partial charge on any atom is -0.756 e. The molecule has 3 saturated heterocycles. The summed E-state index contributed by atoms with van der Waals surface area (Å²) in [6.45, 7) is -2.15. The summed E-state index contributed by atoms with van der Waals surface area (Å²) in [7, 11) is -11.0. The largest absolute Gasteiger partial charge is 0.756 e. The molecule has 2 unspecified atom stereocenters. The number of nitrogens with zero attached hydrogens (tertiary/aromatic N) is 5. The second-order valence-electron chi connectivity index (χ2n) is 9.25. The number of halogens is 2. The lowest BCUT2D eigenvalue weighted by atomic mass is 10.1. The molecule has 21 nitrogen and oxygen atoms in total. The van der Waals surface area contributed by atoms with E-state index in [-0.39, 0.29) is 29.3 Å². The molecule has 6 heterocycles. The highest BCUT2D eigenvalue weighted by atomic mass is 31.2. The lowest BCUT2D eigenvalue weighted by Crippen LogP contribution is -2.37. The van der Waals surface area contributed by atoms with Gasteiger partial charge in [-0.1, -0.05) is 0 Å². The van der Waals surface area contributed by atoms with Gasteiger partial charge in [0.1, 0.15) is 36.3 Å². The average Bonchev–Trinajstić information content (AvgIpc) is 3.57. The molecule has 0 amide bonds. The highest BCUT2D eigenvalue weighted by Crippen LogP contribution is 2.51.